The molecular formula is C14H20FNO. The maximum Gasteiger partial charge on any atom is 0.103 e. The van der Waals surface area contributed by atoms with E-state index < -0.39 is 12.3 Å². The van der Waals surface area contributed by atoms with Gasteiger partial charge in [-0.3, -0.25) is 0 Å². The lowest BCUT2D eigenvalue weighted by Gasteiger charge is -2.28. The second-order valence-corrected chi connectivity index (χ2v) is 4.88. The smallest absolute Gasteiger partial charge is 0.103 e. The molecule has 1 fully saturated rings. The van der Waals surface area contributed by atoms with Crippen molar-refractivity contribution < 1.29 is 9.50 Å². The van der Waals surface area contributed by atoms with Crippen LogP contribution in [0.5, 0.6) is 0 Å². The highest BCUT2D eigenvalue weighted by atomic mass is 19.1. The molecule has 0 unspecified atom stereocenters. The number of piperidine rings is 1. The first kappa shape index (κ1) is 12.5. The Morgan fingerprint density at radius 3 is 2.94 bits per heavy atom. The number of hydrogen-bond acceptors (Lipinski definition) is 2. The van der Waals surface area contributed by atoms with E-state index in [1.165, 1.54) is 0 Å². The van der Waals surface area contributed by atoms with Crippen molar-refractivity contribution in [2.45, 2.75) is 44.5 Å². The van der Waals surface area contributed by atoms with Crippen LogP contribution >= 0.6 is 0 Å². The molecule has 2 N–H and O–H groups in total. The van der Waals surface area contributed by atoms with E-state index in [1.807, 2.05) is 31.2 Å². The zero-order valence-corrected chi connectivity index (χ0v) is 10.2. The molecule has 1 heterocycles. The topological polar surface area (TPSA) is 32.3 Å². The van der Waals surface area contributed by atoms with Gasteiger partial charge in [-0.25, -0.2) is 4.39 Å². The maximum atomic E-state index is 13.2. The summed E-state index contributed by atoms with van der Waals surface area (Å²) in [6, 6.07) is 7.91. The quantitative estimate of drug-likeness (QED) is 0.846. The van der Waals surface area contributed by atoms with E-state index in [-0.39, 0.29) is 6.04 Å². The van der Waals surface area contributed by atoms with Crippen LogP contribution in [0.1, 0.15) is 36.5 Å². The fraction of sp³-hybridized carbons (Fsp3) is 0.571. The van der Waals surface area contributed by atoms with Crippen LogP contribution in [0, 0.1) is 6.92 Å². The van der Waals surface area contributed by atoms with Gasteiger partial charge in [0.15, 0.2) is 0 Å². The van der Waals surface area contributed by atoms with Gasteiger partial charge < -0.3 is 10.4 Å². The number of halogens is 1. The number of aliphatic hydroxyl groups is 1. The Labute approximate surface area is 102 Å². The molecule has 1 aromatic rings. The number of alkyl halides is 1. The summed E-state index contributed by atoms with van der Waals surface area (Å²) in [5.41, 5.74) is 2.04. The van der Waals surface area contributed by atoms with Gasteiger partial charge in [0.1, 0.15) is 6.17 Å². The van der Waals surface area contributed by atoms with Gasteiger partial charge in [-0.2, -0.15) is 0 Å². The van der Waals surface area contributed by atoms with Crippen LogP contribution in [0.25, 0.3) is 0 Å². The number of benzene rings is 1. The minimum Gasteiger partial charge on any atom is -0.388 e. The van der Waals surface area contributed by atoms with Gasteiger partial charge in [-0.05, 0) is 43.9 Å². The molecule has 0 saturated carbocycles. The average Bonchev–Trinajstić information content (AvgIpc) is 2.29. The molecule has 0 radical (unpaired) electrons. The lowest BCUT2D eigenvalue weighted by molar-refractivity contribution is 0.127. The summed E-state index contributed by atoms with van der Waals surface area (Å²) in [6.45, 7) is 2.71. The Balaban J connectivity index is 1.97. The summed E-state index contributed by atoms with van der Waals surface area (Å²) < 4.78 is 13.2. The summed E-state index contributed by atoms with van der Waals surface area (Å²) in [5.74, 6) is 0. The molecule has 3 atom stereocenters. The molecule has 94 valence electrons. The lowest BCUT2D eigenvalue weighted by Crippen LogP contribution is -2.39. The van der Waals surface area contributed by atoms with Crippen LogP contribution in [0.15, 0.2) is 24.3 Å². The number of aryl methyl sites for hydroxylation is 1. The van der Waals surface area contributed by atoms with E-state index in [4.69, 9.17) is 0 Å². The summed E-state index contributed by atoms with van der Waals surface area (Å²) >= 11 is 0. The summed E-state index contributed by atoms with van der Waals surface area (Å²) in [5, 5.41) is 13.4. The molecule has 2 nitrogen and oxygen atoms in total. The minimum atomic E-state index is -0.717. The number of rotatable bonds is 3. The zero-order valence-electron chi connectivity index (χ0n) is 10.2. The zero-order chi connectivity index (χ0) is 12.3. The highest BCUT2D eigenvalue weighted by molar-refractivity contribution is 5.27. The van der Waals surface area contributed by atoms with Crippen LogP contribution in [0.2, 0.25) is 0 Å². The lowest BCUT2D eigenvalue weighted by atomic mass is 9.93. The highest BCUT2D eigenvalue weighted by Crippen LogP contribution is 2.25. The molecule has 3 heteroatoms. The Morgan fingerprint density at radius 1 is 1.47 bits per heavy atom. The van der Waals surface area contributed by atoms with Gasteiger partial charge in [0.2, 0.25) is 0 Å². The van der Waals surface area contributed by atoms with Crippen molar-refractivity contribution in [3.8, 4) is 0 Å². The predicted octanol–water partition coefficient (Wildman–Crippen LogP) is 2.51. The van der Waals surface area contributed by atoms with Gasteiger partial charge in [0, 0.05) is 6.04 Å². The molecule has 1 saturated heterocycles. The first-order valence-corrected chi connectivity index (χ1v) is 6.28. The van der Waals surface area contributed by atoms with Crippen molar-refractivity contribution in [3.63, 3.8) is 0 Å². The van der Waals surface area contributed by atoms with Gasteiger partial charge in [-0.15, -0.1) is 0 Å². The average molecular weight is 237 g/mol. The van der Waals surface area contributed by atoms with Crippen LogP contribution in [-0.2, 0) is 0 Å². The molecule has 0 aliphatic carbocycles. The molecule has 0 amide bonds. The molecule has 0 aromatic heterocycles. The SMILES string of the molecule is Cc1ccccc1[C@@H](O)C[C@H]1C[C@H](F)CCN1. The summed E-state index contributed by atoms with van der Waals surface area (Å²) in [4.78, 5) is 0. The van der Waals surface area contributed by atoms with Crippen LogP contribution in [0.4, 0.5) is 4.39 Å². The Bertz CT molecular complexity index is 369. The van der Waals surface area contributed by atoms with E-state index in [0.717, 1.165) is 11.1 Å². The normalized spacial score (nSPS) is 26.8. The molecule has 1 aliphatic rings. The van der Waals surface area contributed by atoms with Crippen LogP contribution in [0.3, 0.4) is 0 Å². The molecule has 1 aromatic carbocycles. The fourth-order valence-electron chi connectivity index (χ4n) is 2.49. The van der Waals surface area contributed by atoms with Crippen molar-refractivity contribution in [1.82, 2.24) is 5.32 Å². The molecule has 0 spiro atoms. The molecule has 1 aliphatic heterocycles. The predicted molar refractivity (Wildman–Crippen MR) is 66.7 cm³/mol. The van der Waals surface area contributed by atoms with Crippen molar-refractivity contribution >= 4 is 0 Å². The van der Waals surface area contributed by atoms with E-state index >= 15 is 0 Å². The Kier molecular flexibility index (Phi) is 4.13. The minimum absolute atomic E-state index is 0.0911. The third kappa shape index (κ3) is 3.27. The Morgan fingerprint density at radius 2 is 2.24 bits per heavy atom. The standard InChI is InChI=1S/C14H20FNO/c1-10-4-2-3-5-13(10)14(17)9-12-8-11(15)6-7-16-12/h2-5,11-12,14,16-17H,6-9H2,1H3/t11-,12-,14+/m1/s1. The first-order chi connectivity index (χ1) is 8.16. The molecule has 0 bridgehead atoms. The van der Waals surface area contributed by atoms with E-state index in [2.05, 4.69) is 5.32 Å². The number of nitrogens with one attached hydrogen (secondary N) is 1. The third-order valence-corrected chi connectivity index (χ3v) is 3.49. The maximum absolute atomic E-state index is 13.2. The first-order valence-electron chi connectivity index (χ1n) is 6.28. The van der Waals surface area contributed by atoms with Crippen molar-refractivity contribution in [1.29, 1.82) is 0 Å². The number of aliphatic hydroxyl groups excluding tert-OH is 1. The third-order valence-electron chi connectivity index (χ3n) is 3.49. The van der Waals surface area contributed by atoms with Gasteiger partial charge in [0.25, 0.3) is 0 Å². The summed E-state index contributed by atoms with van der Waals surface area (Å²) in [7, 11) is 0. The van der Waals surface area contributed by atoms with E-state index in [1.54, 1.807) is 0 Å². The van der Waals surface area contributed by atoms with E-state index in [0.29, 0.717) is 25.8 Å². The largest absolute Gasteiger partial charge is 0.388 e. The van der Waals surface area contributed by atoms with Crippen molar-refractivity contribution in [2.24, 2.45) is 0 Å². The van der Waals surface area contributed by atoms with Crippen molar-refractivity contribution in [2.75, 3.05) is 6.54 Å². The molecule has 17 heavy (non-hydrogen) atoms. The Hall–Kier alpha value is -0.930. The van der Waals surface area contributed by atoms with E-state index in [9.17, 15) is 9.50 Å². The van der Waals surface area contributed by atoms with Crippen molar-refractivity contribution in [3.05, 3.63) is 35.4 Å². The van der Waals surface area contributed by atoms with Crippen LogP contribution < -0.4 is 5.32 Å². The highest BCUT2D eigenvalue weighted by Gasteiger charge is 2.24. The summed E-state index contributed by atoms with van der Waals surface area (Å²) in [6.07, 6.45) is 0.481. The molecule has 2 rings (SSSR count). The fourth-order valence-corrected chi connectivity index (χ4v) is 2.49. The monoisotopic (exact) mass is 237 g/mol. The second-order valence-electron chi connectivity index (χ2n) is 4.88. The van der Waals surface area contributed by atoms with Gasteiger partial charge in [-0.1, -0.05) is 24.3 Å². The molecular weight excluding hydrogens is 217 g/mol. The number of hydrogen-bond donors (Lipinski definition) is 2. The van der Waals surface area contributed by atoms with Gasteiger partial charge in [0.05, 0.1) is 6.10 Å². The second kappa shape index (κ2) is 5.61. The van der Waals surface area contributed by atoms with Gasteiger partial charge >= 0.3 is 0 Å². The van der Waals surface area contributed by atoms with Crippen LogP contribution in [-0.4, -0.2) is 23.9 Å².